The Balaban J connectivity index is 2.57. The first-order chi connectivity index (χ1) is 8.69. The highest BCUT2D eigenvalue weighted by Gasteiger charge is 2.21. The summed E-state index contributed by atoms with van der Waals surface area (Å²) in [5, 5.41) is 0. The molecule has 0 saturated heterocycles. The van der Waals surface area contributed by atoms with Crippen molar-refractivity contribution in [2.75, 3.05) is 7.11 Å². The van der Waals surface area contributed by atoms with Crippen molar-refractivity contribution in [3.8, 4) is 0 Å². The second kappa shape index (κ2) is 5.21. The number of carbonyl (C=O) groups excluding carboxylic acids is 1. The number of carbonyl (C=O) groups is 1. The fraction of sp³-hybridized carbons (Fsp3) is 0.429. The van der Waals surface area contributed by atoms with Crippen LogP contribution in [0.1, 0.15) is 32.1 Å². The Morgan fingerprint density at radius 1 is 1.44 bits per heavy atom. The predicted octanol–water partition coefficient (Wildman–Crippen LogP) is 2.72. The molecule has 1 heterocycles. The maximum absolute atomic E-state index is 11.7. The normalized spacial score (nSPS) is 12.6. The highest BCUT2D eigenvalue weighted by Crippen LogP contribution is 2.22. The molecule has 96 valence electrons. The lowest BCUT2D eigenvalue weighted by molar-refractivity contribution is -0.143. The molecule has 1 aromatic heterocycles. The summed E-state index contributed by atoms with van der Waals surface area (Å²) in [5.74, 6) is 0.701. The number of methoxy groups -OCH3 is 1. The Morgan fingerprint density at radius 3 is 2.83 bits per heavy atom. The van der Waals surface area contributed by atoms with Crippen molar-refractivity contribution in [3.63, 3.8) is 0 Å². The summed E-state index contributed by atoms with van der Waals surface area (Å²) in [6.07, 6.45) is 1.85. The number of hydrogen-bond donors (Lipinski definition) is 0. The Bertz CT molecular complexity index is 560. The van der Waals surface area contributed by atoms with Crippen LogP contribution in [0.4, 0.5) is 0 Å². The Hall–Kier alpha value is -1.84. The number of aromatic nitrogens is 2. The number of para-hydroxylation sites is 2. The molecule has 2 rings (SSSR count). The smallest absolute Gasteiger partial charge is 0.328 e. The van der Waals surface area contributed by atoms with Crippen LogP contribution in [0.3, 0.4) is 0 Å². The number of fused-ring (bicyclic) bond motifs is 1. The number of rotatable bonds is 4. The third-order valence-corrected chi connectivity index (χ3v) is 3.07. The van der Waals surface area contributed by atoms with Gasteiger partial charge >= 0.3 is 5.97 Å². The molecule has 0 amide bonds. The molecule has 1 unspecified atom stereocenters. The van der Waals surface area contributed by atoms with E-state index in [4.69, 9.17) is 4.74 Å². The van der Waals surface area contributed by atoms with Crippen molar-refractivity contribution in [1.82, 2.24) is 9.55 Å². The monoisotopic (exact) mass is 246 g/mol. The zero-order valence-corrected chi connectivity index (χ0v) is 11.0. The molecule has 2 aromatic rings. The minimum Gasteiger partial charge on any atom is -0.467 e. The van der Waals surface area contributed by atoms with Crippen LogP contribution in [-0.2, 0) is 16.0 Å². The van der Waals surface area contributed by atoms with E-state index >= 15 is 0 Å². The molecule has 0 bridgehead atoms. The van der Waals surface area contributed by atoms with E-state index in [9.17, 15) is 4.79 Å². The molecule has 0 fully saturated rings. The minimum absolute atomic E-state index is 0.240. The van der Waals surface area contributed by atoms with Crippen molar-refractivity contribution < 1.29 is 9.53 Å². The summed E-state index contributed by atoms with van der Waals surface area (Å²) in [4.78, 5) is 16.3. The lowest BCUT2D eigenvalue weighted by atomic mass is 10.2. The Morgan fingerprint density at radius 2 is 2.17 bits per heavy atom. The molecular formula is C14H18N2O2. The number of aryl methyl sites for hydroxylation is 1. The van der Waals surface area contributed by atoms with Crippen LogP contribution in [0.15, 0.2) is 24.3 Å². The SMILES string of the molecule is CCCc1nc2ccccc2n1C(C)C(=O)OC. The van der Waals surface area contributed by atoms with E-state index in [1.165, 1.54) is 7.11 Å². The van der Waals surface area contributed by atoms with Crippen molar-refractivity contribution in [2.24, 2.45) is 0 Å². The fourth-order valence-corrected chi connectivity index (χ4v) is 2.20. The summed E-state index contributed by atoms with van der Waals surface area (Å²) >= 11 is 0. The highest BCUT2D eigenvalue weighted by atomic mass is 16.5. The number of ether oxygens (including phenoxy) is 1. The van der Waals surface area contributed by atoms with Crippen LogP contribution in [0.5, 0.6) is 0 Å². The summed E-state index contributed by atoms with van der Waals surface area (Å²) < 4.78 is 6.81. The largest absolute Gasteiger partial charge is 0.467 e. The first-order valence-corrected chi connectivity index (χ1v) is 6.22. The van der Waals surface area contributed by atoms with Gasteiger partial charge in [-0.15, -0.1) is 0 Å². The van der Waals surface area contributed by atoms with Gasteiger partial charge in [0.15, 0.2) is 0 Å². The van der Waals surface area contributed by atoms with Gasteiger partial charge in [0, 0.05) is 6.42 Å². The molecule has 4 nitrogen and oxygen atoms in total. The van der Waals surface area contributed by atoms with Crippen LogP contribution in [-0.4, -0.2) is 22.6 Å². The van der Waals surface area contributed by atoms with Gasteiger partial charge in [0.25, 0.3) is 0 Å². The first kappa shape index (κ1) is 12.6. The number of esters is 1. The van der Waals surface area contributed by atoms with Gasteiger partial charge in [0.05, 0.1) is 18.1 Å². The Labute approximate surface area is 107 Å². The van der Waals surface area contributed by atoms with Gasteiger partial charge in [-0.05, 0) is 25.5 Å². The average Bonchev–Trinajstić information content (AvgIpc) is 2.75. The lowest BCUT2D eigenvalue weighted by Crippen LogP contribution is -2.19. The van der Waals surface area contributed by atoms with Gasteiger partial charge in [-0.2, -0.15) is 0 Å². The molecule has 0 spiro atoms. The zero-order valence-electron chi connectivity index (χ0n) is 11.0. The van der Waals surface area contributed by atoms with E-state index in [-0.39, 0.29) is 12.0 Å². The van der Waals surface area contributed by atoms with Gasteiger partial charge in [-0.1, -0.05) is 19.1 Å². The average molecular weight is 246 g/mol. The van der Waals surface area contributed by atoms with E-state index in [0.717, 1.165) is 29.7 Å². The summed E-state index contributed by atoms with van der Waals surface area (Å²) in [7, 11) is 1.41. The van der Waals surface area contributed by atoms with E-state index in [2.05, 4.69) is 11.9 Å². The van der Waals surface area contributed by atoms with E-state index in [0.29, 0.717) is 0 Å². The predicted molar refractivity (Wildman–Crippen MR) is 70.5 cm³/mol. The number of hydrogen-bond acceptors (Lipinski definition) is 3. The fourth-order valence-electron chi connectivity index (χ4n) is 2.20. The molecule has 1 atom stereocenters. The maximum atomic E-state index is 11.7. The molecule has 18 heavy (non-hydrogen) atoms. The lowest BCUT2D eigenvalue weighted by Gasteiger charge is -2.15. The third kappa shape index (κ3) is 2.10. The molecular weight excluding hydrogens is 228 g/mol. The van der Waals surface area contributed by atoms with Gasteiger partial charge in [0.2, 0.25) is 0 Å². The second-order valence-corrected chi connectivity index (χ2v) is 4.34. The molecule has 0 N–H and O–H groups in total. The van der Waals surface area contributed by atoms with Crippen molar-refractivity contribution in [1.29, 1.82) is 0 Å². The summed E-state index contributed by atoms with van der Waals surface area (Å²) in [6, 6.07) is 7.53. The van der Waals surface area contributed by atoms with Crippen LogP contribution >= 0.6 is 0 Å². The van der Waals surface area contributed by atoms with E-state index < -0.39 is 0 Å². The van der Waals surface area contributed by atoms with Crippen molar-refractivity contribution in [3.05, 3.63) is 30.1 Å². The highest BCUT2D eigenvalue weighted by molar-refractivity contribution is 5.81. The van der Waals surface area contributed by atoms with Crippen LogP contribution in [0, 0.1) is 0 Å². The van der Waals surface area contributed by atoms with Crippen LogP contribution in [0.2, 0.25) is 0 Å². The number of benzene rings is 1. The molecule has 0 aliphatic heterocycles. The third-order valence-electron chi connectivity index (χ3n) is 3.07. The minimum atomic E-state index is -0.344. The number of nitrogens with zero attached hydrogens (tertiary/aromatic N) is 2. The van der Waals surface area contributed by atoms with Crippen molar-refractivity contribution >= 4 is 17.0 Å². The maximum Gasteiger partial charge on any atom is 0.328 e. The molecule has 0 radical (unpaired) electrons. The van der Waals surface area contributed by atoms with Crippen LogP contribution < -0.4 is 0 Å². The first-order valence-electron chi connectivity index (χ1n) is 6.22. The van der Waals surface area contributed by atoms with Gasteiger partial charge in [-0.25, -0.2) is 9.78 Å². The van der Waals surface area contributed by atoms with Gasteiger partial charge in [-0.3, -0.25) is 0 Å². The van der Waals surface area contributed by atoms with Crippen molar-refractivity contribution in [2.45, 2.75) is 32.7 Å². The summed E-state index contributed by atoms with van der Waals surface area (Å²) in [5.41, 5.74) is 1.91. The summed E-state index contributed by atoms with van der Waals surface area (Å²) in [6.45, 7) is 3.95. The quantitative estimate of drug-likeness (QED) is 0.779. The number of imidazole rings is 1. The zero-order chi connectivity index (χ0) is 13.1. The molecule has 0 aliphatic carbocycles. The second-order valence-electron chi connectivity index (χ2n) is 4.34. The van der Waals surface area contributed by atoms with Gasteiger partial charge in [0.1, 0.15) is 11.9 Å². The van der Waals surface area contributed by atoms with E-state index in [1.807, 2.05) is 35.8 Å². The molecule has 1 aromatic carbocycles. The molecule has 0 aliphatic rings. The molecule has 0 saturated carbocycles. The Kier molecular flexibility index (Phi) is 3.65. The van der Waals surface area contributed by atoms with Gasteiger partial charge < -0.3 is 9.30 Å². The standard InChI is InChI=1S/C14H18N2O2/c1-4-7-13-15-11-8-5-6-9-12(11)16(13)10(2)14(17)18-3/h5-6,8-10H,4,7H2,1-3H3. The van der Waals surface area contributed by atoms with E-state index in [1.54, 1.807) is 0 Å². The topological polar surface area (TPSA) is 44.1 Å². The molecule has 4 heteroatoms. The van der Waals surface area contributed by atoms with Crippen LogP contribution in [0.25, 0.3) is 11.0 Å².